The van der Waals surface area contributed by atoms with Gasteiger partial charge in [0.25, 0.3) is 0 Å². The zero-order chi connectivity index (χ0) is 21.4. The van der Waals surface area contributed by atoms with E-state index < -0.39 is 0 Å². The predicted octanol–water partition coefficient (Wildman–Crippen LogP) is 4.72. The van der Waals surface area contributed by atoms with E-state index in [2.05, 4.69) is 35.1 Å². The quantitative estimate of drug-likeness (QED) is 0.585. The lowest BCUT2D eigenvalue weighted by Crippen LogP contribution is -2.45. The molecule has 0 aliphatic rings. The van der Waals surface area contributed by atoms with Crippen molar-refractivity contribution in [1.82, 2.24) is 14.4 Å². The largest absolute Gasteiger partial charge is 0.353 e. The highest BCUT2D eigenvalue weighted by Crippen LogP contribution is 2.21. The first-order chi connectivity index (χ1) is 13.8. The molecule has 0 saturated carbocycles. The lowest BCUT2D eigenvalue weighted by molar-refractivity contribution is -0.133. The molecule has 3 amide bonds. The summed E-state index contributed by atoms with van der Waals surface area (Å²) in [4.78, 5) is 29.4. The SMILES string of the molecule is CCCN(CC(=O)N(Cc1cccn1C)CC(C)C)C(=O)Nc1ccccc1Br. The van der Waals surface area contributed by atoms with E-state index in [0.29, 0.717) is 31.2 Å². The van der Waals surface area contributed by atoms with Crippen molar-refractivity contribution in [3.8, 4) is 0 Å². The van der Waals surface area contributed by atoms with Gasteiger partial charge in [-0.25, -0.2) is 4.79 Å². The summed E-state index contributed by atoms with van der Waals surface area (Å²) in [7, 11) is 1.97. The van der Waals surface area contributed by atoms with E-state index in [-0.39, 0.29) is 18.5 Å². The number of rotatable bonds is 9. The summed E-state index contributed by atoms with van der Waals surface area (Å²) in [5.74, 6) is 0.295. The molecule has 7 heteroatoms. The molecule has 158 valence electrons. The Kier molecular flexibility index (Phi) is 8.76. The van der Waals surface area contributed by atoms with E-state index in [4.69, 9.17) is 0 Å². The normalized spacial score (nSPS) is 10.8. The number of aromatic nitrogens is 1. The lowest BCUT2D eigenvalue weighted by atomic mass is 10.2. The van der Waals surface area contributed by atoms with E-state index in [1.54, 1.807) is 4.90 Å². The predicted molar refractivity (Wildman–Crippen MR) is 121 cm³/mol. The average Bonchev–Trinajstić information content (AvgIpc) is 3.07. The van der Waals surface area contributed by atoms with Crippen molar-refractivity contribution in [1.29, 1.82) is 0 Å². The monoisotopic (exact) mass is 462 g/mol. The molecule has 29 heavy (non-hydrogen) atoms. The van der Waals surface area contributed by atoms with Crippen LogP contribution in [-0.2, 0) is 18.4 Å². The molecule has 2 rings (SSSR count). The number of aryl methyl sites for hydroxylation is 1. The van der Waals surface area contributed by atoms with E-state index >= 15 is 0 Å². The number of carbonyl (C=O) groups excluding carboxylic acids is 2. The minimum Gasteiger partial charge on any atom is -0.353 e. The number of carbonyl (C=O) groups is 2. The van der Waals surface area contributed by atoms with Gasteiger partial charge in [-0.3, -0.25) is 4.79 Å². The van der Waals surface area contributed by atoms with Crippen LogP contribution in [0, 0.1) is 5.92 Å². The molecule has 1 N–H and O–H groups in total. The molecule has 0 fully saturated rings. The number of hydrogen-bond donors (Lipinski definition) is 1. The summed E-state index contributed by atoms with van der Waals surface area (Å²) in [5.41, 5.74) is 1.76. The smallest absolute Gasteiger partial charge is 0.322 e. The number of para-hydroxylation sites is 1. The molecule has 0 saturated heterocycles. The third-order valence-electron chi connectivity index (χ3n) is 4.56. The Morgan fingerprint density at radius 3 is 2.45 bits per heavy atom. The van der Waals surface area contributed by atoms with Gasteiger partial charge in [-0.1, -0.05) is 32.9 Å². The van der Waals surface area contributed by atoms with Crippen LogP contribution in [0.15, 0.2) is 47.1 Å². The van der Waals surface area contributed by atoms with Gasteiger partial charge in [0.15, 0.2) is 0 Å². The van der Waals surface area contributed by atoms with Gasteiger partial charge >= 0.3 is 6.03 Å². The maximum atomic E-state index is 13.1. The summed E-state index contributed by atoms with van der Waals surface area (Å²) < 4.78 is 2.82. The van der Waals surface area contributed by atoms with Gasteiger partial charge < -0.3 is 19.7 Å². The third kappa shape index (κ3) is 6.92. The van der Waals surface area contributed by atoms with Crippen LogP contribution in [0.3, 0.4) is 0 Å². The molecule has 0 radical (unpaired) electrons. The minimum absolute atomic E-state index is 0.0457. The number of nitrogens with one attached hydrogen (secondary N) is 1. The lowest BCUT2D eigenvalue weighted by Gasteiger charge is -2.29. The Morgan fingerprint density at radius 2 is 1.86 bits per heavy atom. The number of nitrogens with zero attached hydrogens (tertiary/aromatic N) is 3. The Hall–Kier alpha value is -2.28. The van der Waals surface area contributed by atoms with Crippen LogP contribution in [0.1, 0.15) is 32.9 Å². The summed E-state index contributed by atoms with van der Waals surface area (Å²) in [6.07, 6.45) is 2.75. The maximum Gasteiger partial charge on any atom is 0.322 e. The van der Waals surface area contributed by atoms with Crippen LogP contribution in [0.25, 0.3) is 0 Å². The molecule has 0 bridgehead atoms. The summed E-state index contributed by atoms with van der Waals surface area (Å²) in [5, 5.41) is 2.90. The van der Waals surface area contributed by atoms with Crippen molar-refractivity contribution in [3.05, 3.63) is 52.8 Å². The average molecular weight is 463 g/mol. The molecule has 0 aliphatic heterocycles. The number of hydrogen-bond acceptors (Lipinski definition) is 2. The molecule has 0 aliphatic carbocycles. The fourth-order valence-corrected chi connectivity index (χ4v) is 3.48. The van der Waals surface area contributed by atoms with Crippen molar-refractivity contribution in [2.24, 2.45) is 13.0 Å². The third-order valence-corrected chi connectivity index (χ3v) is 5.26. The van der Waals surface area contributed by atoms with Gasteiger partial charge in [0, 0.05) is 36.5 Å². The Labute approximate surface area is 182 Å². The molecule has 1 aromatic heterocycles. The molecule has 0 unspecified atom stereocenters. The van der Waals surface area contributed by atoms with Crippen LogP contribution in [0.5, 0.6) is 0 Å². The molecule has 0 spiro atoms. The van der Waals surface area contributed by atoms with Crippen molar-refractivity contribution in [2.45, 2.75) is 33.7 Å². The highest BCUT2D eigenvalue weighted by Gasteiger charge is 2.22. The fraction of sp³-hybridized carbons (Fsp3) is 0.455. The van der Waals surface area contributed by atoms with Gasteiger partial charge in [0.2, 0.25) is 5.91 Å². The van der Waals surface area contributed by atoms with Gasteiger partial charge in [-0.05, 0) is 52.5 Å². The fourth-order valence-electron chi connectivity index (χ4n) is 3.09. The molecular formula is C22H31BrN4O2. The Balaban J connectivity index is 2.10. The Morgan fingerprint density at radius 1 is 1.14 bits per heavy atom. The second kappa shape index (κ2) is 11.0. The van der Waals surface area contributed by atoms with Crippen molar-refractivity contribution in [3.63, 3.8) is 0 Å². The van der Waals surface area contributed by atoms with E-state index in [1.807, 2.05) is 66.0 Å². The Bertz CT molecular complexity index is 819. The first-order valence-corrected chi connectivity index (χ1v) is 10.8. The highest BCUT2D eigenvalue weighted by atomic mass is 79.9. The van der Waals surface area contributed by atoms with Gasteiger partial charge in [-0.15, -0.1) is 0 Å². The molecule has 6 nitrogen and oxygen atoms in total. The summed E-state index contributed by atoms with van der Waals surface area (Å²) >= 11 is 3.44. The first-order valence-electron chi connectivity index (χ1n) is 10.00. The number of benzene rings is 1. The zero-order valence-corrected chi connectivity index (χ0v) is 19.3. The molecule has 0 atom stereocenters. The molecule has 1 heterocycles. The topological polar surface area (TPSA) is 57.6 Å². The van der Waals surface area contributed by atoms with E-state index in [1.165, 1.54) is 0 Å². The minimum atomic E-state index is -0.268. The van der Waals surface area contributed by atoms with Gasteiger partial charge in [0.05, 0.1) is 12.2 Å². The first kappa shape index (κ1) is 23.0. The van der Waals surface area contributed by atoms with E-state index in [9.17, 15) is 9.59 Å². The number of amides is 3. The van der Waals surface area contributed by atoms with Crippen LogP contribution >= 0.6 is 15.9 Å². The zero-order valence-electron chi connectivity index (χ0n) is 17.7. The summed E-state index contributed by atoms with van der Waals surface area (Å²) in [6.45, 7) is 7.94. The standard InChI is InChI=1S/C22H31BrN4O2/c1-5-12-26(22(29)24-20-11-7-6-10-19(20)23)16-21(28)27(14-17(2)3)15-18-9-8-13-25(18)4/h6-11,13,17H,5,12,14-16H2,1-4H3,(H,24,29). The number of urea groups is 1. The van der Waals surface area contributed by atoms with Crippen LogP contribution in [0.2, 0.25) is 0 Å². The second-order valence-electron chi connectivity index (χ2n) is 7.61. The number of anilines is 1. The molecule has 2 aromatic rings. The summed E-state index contributed by atoms with van der Waals surface area (Å²) in [6, 6.07) is 11.2. The maximum absolute atomic E-state index is 13.1. The van der Waals surface area contributed by atoms with Crippen LogP contribution < -0.4 is 5.32 Å². The molecule has 1 aromatic carbocycles. The van der Waals surface area contributed by atoms with Crippen LogP contribution in [0.4, 0.5) is 10.5 Å². The van der Waals surface area contributed by atoms with Crippen LogP contribution in [-0.4, -0.2) is 45.9 Å². The van der Waals surface area contributed by atoms with Crippen molar-refractivity contribution in [2.75, 3.05) is 25.0 Å². The molecular weight excluding hydrogens is 432 g/mol. The number of halogens is 1. The van der Waals surface area contributed by atoms with Gasteiger partial charge in [-0.2, -0.15) is 0 Å². The van der Waals surface area contributed by atoms with Crippen molar-refractivity contribution < 1.29 is 9.59 Å². The highest BCUT2D eigenvalue weighted by molar-refractivity contribution is 9.10. The van der Waals surface area contributed by atoms with E-state index in [0.717, 1.165) is 16.6 Å². The van der Waals surface area contributed by atoms with Crippen molar-refractivity contribution >= 4 is 33.6 Å². The second-order valence-corrected chi connectivity index (χ2v) is 8.46. The van der Waals surface area contributed by atoms with Gasteiger partial charge in [0.1, 0.15) is 6.54 Å².